The summed E-state index contributed by atoms with van der Waals surface area (Å²) in [6.07, 6.45) is 0. The van der Waals surface area contributed by atoms with Gasteiger partial charge in [0.1, 0.15) is 18.2 Å². The topological polar surface area (TPSA) is 52.0 Å². The Balaban J connectivity index is 2.08. The van der Waals surface area contributed by atoms with Crippen LogP contribution in [0.25, 0.3) is 0 Å². The average Bonchev–Trinajstić information content (AvgIpc) is 2.76. The molecule has 0 bridgehead atoms. The average molecular weight is 295 g/mol. The number of benzene rings is 1. The van der Waals surface area contributed by atoms with Crippen molar-refractivity contribution >= 4 is 11.6 Å². The van der Waals surface area contributed by atoms with Crippen LogP contribution in [-0.2, 0) is 13.7 Å². The largest absolute Gasteiger partial charge is 0.484 e. The Kier molecular flexibility index (Phi) is 4.62. The van der Waals surface area contributed by atoms with Crippen molar-refractivity contribution in [2.45, 2.75) is 26.5 Å². The van der Waals surface area contributed by atoms with Crippen LogP contribution in [0.1, 0.15) is 30.2 Å². The van der Waals surface area contributed by atoms with E-state index in [1.54, 1.807) is 0 Å². The van der Waals surface area contributed by atoms with E-state index in [4.69, 9.17) is 16.3 Å². The van der Waals surface area contributed by atoms with Crippen molar-refractivity contribution in [3.63, 3.8) is 0 Å². The van der Waals surface area contributed by atoms with Crippen molar-refractivity contribution in [2.75, 3.05) is 7.05 Å². The number of aryl methyl sites for hydroxylation is 1. The van der Waals surface area contributed by atoms with Crippen LogP contribution < -0.4 is 10.1 Å². The number of ether oxygens (including phenoxy) is 1. The molecule has 0 spiro atoms. The molecule has 108 valence electrons. The van der Waals surface area contributed by atoms with Crippen molar-refractivity contribution in [1.82, 2.24) is 20.1 Å². The predicted molar refractivity (Wildman–Crippen MR) is 79.0 cm³/mol. The minimum absolute atomic E-state index is 0.253. The van der Waals surface area contributed by atoms with Gasteiger partial charge < -0.3 is 14.6 Å². The molecule has 0 saturated carbocycles. The molecule has 0 saturated heterocycles. The zero-order valence-electron chi connectivity index (χ0n) is 12.1. The monoisotopic (exact) mass is 294 g/mol. The Hall–Kier alpha value is -1.59. The van der Waals surface area contributed by atoms with Gasteiger partial charge in [-0.3, -0.25) is 0 Å². The summed E-state index contributed by atoms with van der Waals surface area (Å²) in [7, 11) is 3.83. The van der Waals surface area contributed by atoms with Crippen LogP contribution in [-0.4, -0.2) is 21.8 Å². The molecule has 1 unspecified atom stereocenters. The molecule has 6 heteroatoms. The van der Waals surface area contributed by atoms with Gasteiger partial charge in [0.25, 0.3) is 0 Å². The summed E-state index contributed by atoms with van der Waals surface area (Å²) in [4.78, 5) is 0. The summed E-state index contributed by atoms with van der Waals surface area (Å²) >= 11 is 6.25. The van der Waals surface area contributed by atoms with Gasteiger partial charge >= 0.3 is 0 Å². The second kappa shape index (κ2) is 6.24. The van der Waals surface area contributed by atoms with Crippen molar-refractivity contribution in [3.8, 4) is 5.75 Å². The highest BCUT2D eigenvalue weighted by Gasteiger charge is 2.10. The van der Waals surface area contributed by atoms with Gasteiger partial charge in [-0.2, -0.15) is 0 Å². The summed E-state index contributed by atoms with van der Waals surface area (Å²) < 4.78 is 7.60. The highest BCUT2D eigenvalue weighted by molar-refractivity contribution is 6.32. The number of nitrogens with zero attached hydrogens (tertiary/aromatic N) is 3. The quantitative estimate of drug-likeness (QED) is 0.921. The zero-order valence-corrected chi connectivity index (χ0v) is 12.9. The lowest BCUT2D eigenvalue weighted by Gasteiger charge is -2.13. The van der Waals surface area contributed by atoms with E-state index in [0.29, 0.717) is 17.4 Å². The number of halogens is 1. The SMILES string of the molecule is CNC(C)c1ccc(OCc2nnc(C)n2C)c(Cl)c1. The van der Waals surface area contributed by atoms with Gasteiger partial charge in [0.05, 0.1) is 5.02 Å². The molecular formula is C14H19ClN4O. The molecule has 1 N–H and O–H groups in total. The Morgan fingerprint density at radius 3 is 2.70 bits per heavy atom. The first-order chi connectivity index (χ1) is 9.52. The van der Waals surface area contributed by atoms with Gasteiger partial charge in [-0.15, -0.1) is 10.2 Å². The van der Waals surface area contributed by atoms with Crippen LogP contribution in [0.2, 0.25) is 5.02 Å². The lowest BCUT2D eigenvalue weighted by Crippen LogP contribution is -2.12. The van der Waals surface area contributed by atoms with Crippen molar-refractivity contribution < 1.29 is 4.74 Å². The predicted octanol–water partition coefficient (Wildman–Crippen LogP) is 2.64. The van der Waals surface area contributed by atoms with Crippen molar-refractivity contribution in [1.29, 1.82) is 0 Å². The van der Waals surface area contributed by atoms with Crippen LogP contribution in [0.3, 0.4) is 0 Å². The van der Waals surface area contributed by atoms with Gasteiger partial charge in [0.2, 0.25) is 0 Å². The van der Waals surface area contributed by atoms with E-state index in [2.05, 4.69) is 22.4 Å². The van der Waals surface area contributed by atoms with Gasteiger partial charge in [-0.05, 0) is 38.6 Å². The summed E-state index contributed by atoms with van der Waals surface area (Å²) in [6, 6.07) is 6.06. The Bertz CT molecular complexity index is 597. The molecular weight excluding hydrogens is 276 g/mol. The van der Waals surface area contributed by atoms with Crippen LogP contribution in [0.4, 0.5) is 0 Å². The normalized spacial score (nSPS) is 12.4. The van der Waals surface area contributed by atoms with E-state index in [1.165, 1.54) is 0 Å². The minimum atomic E-state index is 0.253. The Morgan fingerprint density at radius 1 is 1.40 bits per heavy atom. The zero-order chi connectivity index (χ0) is 14.7. The third-order valence-electron chi connectivity index (χ3n) is 3.43. The Labute approximate surface area is 123 Å². The molecule has 1 atom stereocenters. The smallest absolute Gasteiger partial charge is 0.170 e. The van der Waals surface area contributed by atoms with Crippen LogP contribution >= 0.6 is 11.6 Å². The third kappa shape index (κ3) is 3.11. The molecule has 1 aromatic carbocycles. The van der Waals surface area contributed by atoms with Crippen LogP contribution in [0, 0.1) is 6.92 Å². The summed E-state index contributed by atoms with van der Waals surface area (Å²) in [6.45, 7) is 4.32. The molecule has 0 aliphatic rings. The molecule has 0 amide bonds. The fourth-order valence-corrected chi connectivity index (χ4v) is 2.03. The first-order valence-electron chi connectivity index (χ1n) is 6.47. The third-order valence-corrected chi connectivity index (χ3v) is 3.72. The molecule has 1 heterocycles. The van der Waals surface area contributed by atoms with Gasteiger partial charge in [-0.1, -0.05) is 17.7 Å². The molecule has 2 rings (SSSR count). The standard InChI is InChI=1S/C14H19ClN4O/c1-9(16-3)11-5-6-13(12(15)7-11)20-8-14-18-17-10(2)19(14)4/h5-7,9,16H,8H2,1-4H3. The van der Waals surface area contributed by atoms with Gasteiger partial charge in [-0.25, -0.2) is 0 Å². The van der Waals surface area contributed by atoms with Gasteiger partial charge in [0.15, 0.2) is 5.82 Å². The number of hydrogen-bond acceptors (Lipinski definition) is 4. The van der Waals surface area contributed by atoms with E-state index in [0.717, 1.165) is 17.2 Å². The summed E-state index contributed by atoms with van der Waals surface area (Å²) in [5, 5.41) is 11.8. The second-order valence-corrected chi connectivity index (χ2v) is 5.12. The maximum absolute atomic E-state index is 6.25. The van der Waals surface area contributed by atoms with E-state index in [1.807, 2.05) is 43.8 Å². The first-order valence-corrected chi connectivity index (χ1v) is 6.85. The summed E-state index contributed by atoms with van der Waals surface area (Å²) in [5.41, 5.74) is 1.12. The minimum Gasteiger partial charge on any atom is -0.484 e. The van der Waals surface area contributed by atoms with E-state index in [9.17, 15) is 0 Å². The lowest BCUT2D eigenvalue weighted by molar-refractivity contribution is 0.291. The Morgan fingerprint density at radius 2 is 2.15 bits per heavy atom. The highest BCUT2D eigenvalue weighted by atomic mass is 35.5. The lowest BCUT2D eigenvalue weighted by atomic mass is 10.1. The molecule has 1 aromatic heterocycles. The maximum atomic E-state index is 6.25. The second-order valence-electron chi connectivity index (χ2n) is 4.71. The van der Waals surface area contributed by atoms with Crippen LogP contribution in [0.5, 0.6) is 5.75 Å². The van der Waals surface area contributed by atoms with E-state index < -0.39 is 0 Å². The summed E-state index contributed by atoms with van der Waals surface area (Å²) in [5.74, 6) is 2.28. The fourth-order valence-electron chi connectivity index (χ4n) is 1.79. The van der Waals surface area contributed by atoms with Crippen molar-refractivity contribution in [2.24, 2.45) is 7.05 Å². The molecule has 0 aliphatic carbocycles. The fraction of sp³-hybridized carbons (Fsp3) is 0.429. The first kappa shape index (κ1) is 14.8. The number of aromatic nitrogens is 3. The van der Waals surface area contributed by atoms with Crippen molar-refractivity contribution in [3.05, 3.63) is 40.4 Å². The van der Waals surface area contributed by atoms with Crippen LogP contribution in [0.15, 0.2) is 18.2 Å². The molecule has 0 fully saturated rings. The maximum Gasteiger partial charge on any atom is 0.170 e. The number of rotatable bonds is 5. The molecule has 0 aliphatic heterocycles. The number of hydrogen-bond donors (Lipinski definition) is 1. The van der Waals surface area contributed by atoms with E-state index >= 15 is 0 Å². The molecule has 0 radical (unpaired) electrons. The number of nitrogens with one attached hydrogen (secondary N) is 1. The van der Waals surface area contributed by atoms with Gasteiger partial charge in [0, 0.05) is 13.1 Å². The molecule has 2 aromatic rings. The molecule has 5 nitrogen and oxygen atoms in total. The van der Waals surface area contributed by atoms with E-state index in [-0.39, 0.29) is 6.04 Å². The molecule has 20 heavy (non-hydrogen) atoms. The highest BCUT2D eigenvalue weighted by Crippen LogP contribution is 2.28.